The number of hydrogen-bond donors (Lipinski definition) is 2. The van der Waals surface area contributed by atoms with E-state index >= 15 is 0 Å². The summed E-state index contributed by atoms with van der Waals surface area (Å²) >= 11 is 0. The number of aromatic nitrogens is 4. The van der Waals surface area contributed by atoms with Crippen LogP contribution in [0.3, 0.4) is 0 Å². The number of H-pyrrole nitrogens is 2. The van der Waals surface area contributed by atoms with Gasteiger partial charge in [-0.05, 0) is 36.8 Å². The van der Waals surface area contributed by atoms with Crippen molar-refractivity contribution in [2.75, 3.05) is 19.1 Å². The molecule has 0 amide bonds. The first-order chi connectivity index (χ1) is 12.1. The number of esters is 1. The summed E-state index contributed by atoms with van der Waals surface area (Å²) in [4.78, 5) is 28.5. The van der Waals surface area contributed by atoms with Gasteiger partial charge in [0.25, 0.3) is 0 Å². The zero-order valence-electron chi connectivity index (χ0n) is 14.1. The highest BCUT2D eigenvalue weighted by Crippen LogP contribution is 2.30. The summed E-state index contributed by atoms with van der Waals surface area (Å²) in [6.07, 6.45) is 3.46. The standard InChI is InChI=1S/C18H17N5O2/c1-10-4-13-14(21-9-20-13)7-16(10)23(2)12-5-11-6-15(18(24)25-3)22-17(11)19-8-12/h4-9H,1-3H3,(H,19,22)(H,20,21). The SMILES string of the molecule is COC(=O)c1cc2cc(N(C)c3cc4[nH]cnc4cc3C)cnc2[nH]1. The van der Waals surface area contributed by atoms with Crippen LogP contribution in [0.15, 0.2) is 36.8 Å². The molecule has 0 bridgehead atoms. The van der Waals surface area contributed by atoms with E-state index in [1.807, 2.05) is 13.1 Å². The van der Waals surface area contributed by atoms with E-state index in [1.54, 1.807) is 18.6 Å². The molecule has 7 heteroatoms. The van der Waals surface area contributed by atoms with Crippen molar-refractivity contribution >= 4 is 39.4 Å². The smallest absolute Gasteiger partial charge is 0.354 e. The number of anilines is 2. The number of nitrogens with zero attached hydrogens (tertiary/aromatic N) is 3. The zero-order valence-corrected chi connectivity index (χ0v) is 14.1. The molecule has 0 aliphatic heterocycles. The largest absolute Gasteiger partial charge is 0.464 e. The van der Waals surface area contributed by atoms with E-state index in [0.29, 0.717) is 11.3 Å². The van der Waals surface area contributed by atoms with Crippen LogP contribution in [0, 0.1) is 6.92 Å². The first kappa shape index (κ1) is 15.2. The highest BCUT2D eigenvalue weighted by molar-refractivity contribution is 5.94. The van der Waals surface area contributed by atoms with Gasteiger partial charge in [0, 0.05) is 18.1 Å². The lowest BCUT2D eigenvalue weighted by atomic mass is 10.1. The summed E-state index contributed by atoms with van der Waals surface area (Å²) in [5, 5.41) is 0.852. The van der Waals surface area contributed by atoms with Gasteiger partial charge in [-0.2, -0.15) is 0 Å². The van der Waals surface area contributed by atoms with E-state index in [-0.39, 0.29) is 0 Å². The van der Waals surface area contributed by atoms with E-state index < -0.39 is 5.97 Å². The summed E-state index contributed by atoms with van der Waals surface area (Å²) in [6, 6.07) is 7.85. The maximum atomic E-state index is 11.7. The Balaban J connectivity index is 1.76. The number of ether oxygens (including phenoxy) is 1. The number of carbonyl (C=O) groups is 1. The molecular weight excluding hydrogens is 318 g/mol. The van der Waals surface area contributed by atoms with Crippen molar-refractivity contribution in [3.8, 4) is 0 Å². The first-order valence-electron chi connectivity index (χ1n) is 7.81. The molecule has 0 atom stereocenters. The lowest BCUT2D eigenvalue weighted by molar-refractivity contribution is 0.0595. The number of pyridine rings is 1. The van der Waals surface area contributed by atoms with Crippen molar-refractivity contribution in [3.63, 3.8) is 0 Å². The van der Waals surface area contributed by atoms with Gasteiger partial charge in [-0.15, -0.1) is 0 Å². The molecule has 0 radical (unpaired) electrons. The Morgan fingerprint density at radius 2 is 2.04 bits per heavy atom. The van der Waals surface area contributed by atoms with E-state index in [0.717, 1.165) is 33.4 Å². The second-order valence-corrected chi connectivity index (χ2v) is 5.92. The molecule has 3 heterocycles. The third-order valence-electron chi connectivity index (χ3n) is 4.35. The van der Waals surface area contributed by atoms with Gasteiger partial charge in [-0.1, -0.05) is 0 Å². The fourth-order valence-electron chi connectivity index (χ4n) is 2.98. The number of aryl methyl sites for hydroxylation is 1. The molecule has 0 unspecified atom stereocenters. The summed E-state index contributed by atoms with van der Waals surface area (Å²) in [7, 11) is 3.34. The zero-order chi connectivity index (χ0) is 17.6. The minimum atomic E-state index is -0.409. The van der Waals surface area contributed by atoms with E-state index in [4.69, 9.17) is 4.74 Å². The lowest BCUT2D eigenvalue weighted by Crippen LogP contribution is -2.11. The average molecular weight is 335 g/mol. The second kappa shape index (κ2) is 5.62. The summed E-state index contributed by atoms with van der Waals surface area (Å²) in [5.74, 6) is -0.409. The van der Waals surface area contributed by atoms with Gasteiger partial charge in [0.1, 0.15) is 11.3 Å². The Hall–Kier alpha value is -3.35. The molecule has 0 aliphatic rings. The van der Waals surface area contributed by atoms with Crippen LogP contribution in [0.25, 0.3) is 22.1 Å². The second-order valence-electron chi connectivity index (χ2n) is 5.92. The van der Waals surface area contributed by atoms with Crippen LogP contribution in [0.4, 0.5) is 11.4 Å². The molecule has 126 valence electrons. The number of fused-ring (bicyclic) bond motifs is 2. The number of nitrogens with one attached hydrogen (secondary N) is 2. The van der Waals surface area contributed by atoms with Crippen molar-refractivity contribution in [3.05, 3.63) is 48.0 Å². The van der Waals surface area contributed by atoms with E-state index in [1.165, 1.54) is 7.11 Å². The number of aromatic amines is 2. The van der Waals surface area contributed by atoms with Gasteiger partial charge in [-0.25, -0.2) is 14.8 Å². The minimum absolute atomic E-state index is 0.389. The van der Waals surface area contributed by atoms with Crippen LogP contribution in [-0.4, -0.2) is 40.1 Å². The maximum Gasteiger partial charge on any atom is 0.354 e. The minimum Gasteiger partial charge on any atom is -0.464 e. The van der Waals surface area contributed by atoms with Crippen molar-refractivity contribution in [2.45, 2.75) is 6.92 Å². The van der Waals surface area contributed by atoms with E-state index in [9.17, 15) is 4.79 Å². The molecule has 2 N–H and O–H groups in total. The van der Waals surface area contributed by atoms with Crippen LogP contribution >= 0.6 is 0 Å². The van der Waals surface area contributed by atoms with Gasteiger partial charge >= 0.3 is 5.97 Å². The third kappa shape index (κ3) is 2.50. The molecule has 3 aromatic heterocycles. The molecule has 0 saturated carbocycles. The monoisotopic (exact) mass is 335 g/mol. The van der Waals surface area contributed by atoms with Crippen molar-refractivity contribution in [1.82, 2.24) is 19.9 Å². The molecule has 0 saturated heterocycles. The van der Waals surface area contributed by atoms with Crippen molar-refractivity contribution in [1.29, 1.82) is 0 Å². The van der Waals surface area contributed by atoms with Gasteiger partial charge in [0.2, 0.25) is 0 Å². The summed E-state index contributed by atoms with van der Waals surface area (Å²) in [5.41, 5.74) is 6.06. The topological polar surface area (TPSA) is 86.9 Å². The Kier molecular flexibility index (Phi) is 3.42. The number of benzene rings is 1. The van der Waals surface area contributed by atoms with Gasteiger partial charge in [-0.3, -0.25) is 0 Å². The fourth-order valence-corrected chi connectivity index (χ4v) is 2.98. The lowest BCUT2D eigenvalue weighted by Gasteiger charge is -2.21. The van der Waals surface area contributed by atoms with Gasteiger partial charge in [0.15, 0.2) is 0 Å². The molecule has 1 aromatic carbocycles. The average Bonchev–Trinajstić information content (AvgIpc) is 3.24. The van der Waals surface area contributed by atoms with Crippen LogP contribution in [-0.2, 0) is 4.74 Å². The highest BCUT2D eigenvalue weighted by Gasteiger charge is 2.14. The number of imidazole rings is 1. The molecule has 4 aromatic rings. The quantitative estimate of drug-likeness (QED) is 0.561. The predicted octanol–water partition coefficient (Wildman–Crippen LogP) is 3.30. The molecular formula is C18H17N5O2. The molecule has 4 rings (SSSR count). The third-order valence-corrected chi connectivity index (χ3v) is 4.35. The molecule has 0 spiro atoms. The van der Waals surface area contributed by atoms with Crippen LogP contribution < -0.4 is 4.90 Å². The molecule has 7 nitrogen and oxygen atoms in total. The summed E-state index contributed by atoms with van der Waals surface area (Å²) < 4.78 is 4.74. The Bertz CT molecular complexity index is 1100. The Morgan fingerprint density at radius 1 is 1.20 bits per heavy atom. The first-order valence-corrected chi connectivity index (χ1v) is 7.81. The fraction of sp³-hybridized carbons (Fsp3) is 0.167. The number of hydrogen-bond acceptors (Lipinski definition) is 5. The maximum absolute atomic E-state index is 11.7. The number of methoxy groups -OCH3 is 1. The Labute approximate surface area is 143 Å². The van der Waals surface area contributed by atoms with Crippen LogP contribution in [0.5, 0.6) is 0 Å². The number of carbonyl (C=O) groups excluding carboxylic acids is 1. The molecule has 25 heavy (non-hydrogen) atoms. The normalized spacial score (nSPS) is 11.2. The number of rotatable bonds is 3. The summed E-state index contributed by atoms with van der Waals surface area (Å²) in [6.45, 7) is 2.05. The van der Waals surface area contributed by atoms with Crippen LogP contribution in [0.1, 0.15) is 16.1 Å². The highest BCUT2D eigenvalue weighted by atomic mass is 16.5. The van der Waals surface area contributed by atoms with Gasteiger partial charge in [0.05, 0.1) is 36.4 Å². The van der Waals surface area contributed by atoms with Crippen molar-refractivity contribution in [2.24, 2.45) is 0 Å². The van der Waals surface area contributed by atoms with Crippen LogP contribution in [0.2, 0.25) is 0 Å². The Morgan fingerprint density at radius 3 is 2.84 bits per heavy atom. The molecule has 0 aliphatic carbocycles. The van der Waals surface area contributed by atoms with Crippen molar-refractivity contribution < 1.29 is 9.53 Å². The van der Waals surface area contributed by atoms with E-state index in [2.05, 4.69) is 43.9 Å². The van der Waals surface area contributed by atoms with Gasteiger partial charge < -0.3 is 19.6 Å². The molecule has 0 fully saturated rings. The predicted molar refractivity (Wildman–Crippen MR) is 96.3 cm³/mol.